The molecule has 0 spiro atoms. The Balaban J connectivity index is 1.63. The highest BCUT2D eigenvalue weighted by Crippen LogP contribution is 2.20. The fourth-order valence-electron chi connectivity index (χ4n) is 3.32. The lowest BCUT2D eigenvalue weighted by Gasteiger charge is -2.31. The van der Waals surface area contributed by atoms with Crippen LogP contribution in [-0.4, -0.2) is 61.1 Å². The summed E-state index contributed by atoms with van der Waals surface area (Å²) < 4.78 is 5.65. The quantitative estimate of drug-likeness (QED) is 0.901. The molecule has 3 rings (SSSR count). The van der Waals surface area contributed by atoms with E-state index in [2.05, 4.69) is 28.1 Å². The lowest BCUT2D eigenvalue weighted by Crippen LogP contribution is -2.47. The van der Waals surface area contributed by atoms with Crippen molar-refractivity contribution in [3.63, 3.8) is 0 Å². The molecule has 2 heterocycles. The minimum Gasteiger partial charge on any atom is -0.366 e. The second-order valence-electron chi connectivity index (χ2n) is 6.38. The van der Waals surface area contributed by atoms with Gasteiger partial charge in [-0.25, -0.2) is 0 Å². The summed E-state index contributed by atoms with van der Waals surface area (Å²) in [7, 11) is 0. The number of ether oxygens (including phenoxy) is 1. The molecule has 0 saturated carbocycles. The molecule has 1 aromatic rings. The fourth-order valence-corrected chi connectivity index (χ4v) is 3.32. The van der Waals surface area contributed by atoms with Gasteiger partial charge in [-0.05, 0) is 44.1 Å². The minimum absolute atomic E-state index is 0.0305. The number of benzene rings is 1. The molecule has 1 N–H and O–H groups in total. The summed E-state index contributed by atoms with van der Waals surface area (Å²) in [5, 5.41) is 3.08. The van der Waals surface area contributed by atoms with Gasteiger partial charge in [0.05, 0.1) is 6.61 Å². The predicted molar refractivity (Wildman–Crippen MR) is 91.4 cm³/mol. The maximum atomic E-state index is 12.5. The van der Waals surface area contributed by atoms with Crippen molar-refractivity contribution in [3.8, 4) is 0 Å². The van der Waals surface area contributed by atoms with Crippen molar-refractivity contribution < 1.29 is 9.53 Å². The highest BCUT2D eigenvalue weighted by molar-refractivity contribution is 5.95. The number of nitrogens with zero attached hydrogens (tertiary/aromatic N) is 2. The van der Waals surface area contributed by atoms with Crippen LogP contribution in [0, 0.1) is 0 Å². The molecule has 5 heteroatoms. The summed E-state index contributed by atoms with van der Waals surface area (Å²) in [6.07, 6.45) is 2.18. The first kappa shape index (κ1) is 16.4. The van der Waals surface area contributed by atoms with Gasteiger partial charge in [-0.15, -0.1) is 0 Å². The van der Waals surface area contributed by atoms with Crippen LogP contribution in [0.1, 0.15) is 25.3 Å². The van der Waals surface area contributed by atoms with E-state index in [4.69, 9.17) is 4.74 Å². The smallest absolute Gasteiger partial charge is 0.254 e. The van der Waals surface area contributed by atoms with Gasteiger partial charge < -0.3 is 10.1 Å². The average Bonchev–Trinajstić information content (AvgIpc) is 3.09. The van der Waals surface area contributed by atoms with Gasteiger partial charge in [0.2, 0.25) is 0 Å². The van der Waals surface area contributed by atoms with Crippen LogP contribution in [0.15, 0.2) is 24.3 Å². The van der Waals surface area contributed by atoms with Crippen LogP contribution < -0.4 is 5.32 Å². The second kappa shape index (κ2) is 7.90. The van der Waals surface area contributed by atoms with Gasteiger partial charge in [-0.3, -0.25) is 14.6 Å². The Kier molecular flexibility index (Phi) is 5.65. The van der Waals surface area contributed by atoms with Crippen LogP contribution in [0.3, 0.4) is 0 Å². The van der Waals surface area contributed by atoms with Crippen molar-refractivity contribution >= 4 is 11.6 Å². The Morgan fingerprint density at radius 2 is 2.00 bits per heavy atom. The molecule has 2 aliphatic rings. The average molecular weight is 317 g/mol. The van der Waals surface area contributed by atoms with E-state index in [0.29, 0.717) is 13.2 Å². The van der Waals surface area contributed by atoms with Crippen LogP contribution in [0.5, 0.6) is 0 Å². The van der Waals surface area contributed by atoms with Crippen molar-refractivity contribution in [1.82, 2.24) is 9.80 Å². The number of para-hydroxylation sites is 1. The van der Waals surface area contributed by atoms with Crippen LogP contribution in [0.25, 0.3) is 0 Å². The topological polar surface area (TPSA) is 44.8 Å². The first-order chi connectivity index (χ1) is 11.3. The number of nitrogens with one attached hydrogen (secondary N) is 1. The molecule has 1 unspecified atom stereocenters. The Labute approximate surface area is 138 Å². The monoisotopic (exact) mass is 317 g/mol. The first-order valence-corrected chi connectivity index (χ1v) is 8.71. The summed E-state index contributed by atoms with van der Waals surface area (Å²) in [5.41, 5.74) is 2.10. The zero-order chi connectivity index (χ0) is 16.1. The van der Waals surface area contributed by atoms with Crippen molar-refractivity contribution in [1.29, 1.82) is 0 Å². The molecule has 1 amide bonds. The zero-order valence-electron chi connectivity index (χ0n) is 14.0. The van der Waals surface area contributed by atoms with E-state index in [-0.39, 0.29) is 12.0 Å². The molecule has 126 valence electrons. The Morgan fingerprint density at radius 3 is 2.78 bits per heavy atom. The SMILES string of the molecule is CCN1CCOC(C(=O)Nc2ccccc2CN2CCCC2)C1. The number of hydrogen-bond acceptors (Lipinski definition) is 4. The van der Waals surface area contributed by atoms with Crippen molar-refractivity contribution in [2.24, 2.45) is 0 Å². The summed E-state index contributed by atoms with van der Waals surface area (Å²) >= 11 is 0. The van der Waals surface area contributed by atoms with Gasteiger partial charge in [0.25, 0.3) is 5.91 Å². The summed E-state index contributed by atoms with van der Waals surface area (Å²) in [5.74, 6) is -0.0305. The maximum Gasteiger partial charge on any atom is 0.254 e. The van der Waals surface area contributed by atoms with Crippen molar-refractivity contribution in [2.45, 2.75) is 32.4 Å². The number of likely N-dealkylation sites (N-methyl/N-ethyl adjacent to an activating group) is 1. The molecular weight excluding hydrogens is 290 g/mol. The zero-order valence-corrected chi connectivity index (χ0v) is 14.0. The van der Waals surface area contributed by atoms with Gasteiger partial charge in [0, 0.05) is 25.3 Å². The number of morpholine rings is 1. The highest BCUT2D eigenvalue weighted by atomic mass is 16.5. The molecule has 23 heavy (non-hydrogen) atoms. The number of hydrogen-bond donors (Lipinski definition) is 1. The number of rotatable bonds is 5. The predicted octanol–water partition coefficient (Wildman–Crippen LogP) is 1.94. The van der Waals surface area contributed by atoms with Gasteiger partial charge in [0.15, 0.2) is 0 Å². The van der Waals surface area contributed by atoms with E-state index < -0.39 is 0 Å². The van der Waals surface area contributed by atoms with Gasteiger partial charge in [-0.1, -0.05) is 25.1 Å². The third-order valence-corrected chi connectivity index (χ3v) is 4.76. The number of amides is 1. The van der Waals surface area contributed by atoms with Crippen molar-refractivity contribution in [3.05, 3.63) is 29.8 Å². The molecule has 2 saturated heterocycles. The first-order valence-electron chi connectivity index (χ1n) is 8.71. The summed E-state index contributed by atoms with van der Waals surface area (Å²) in [6.45, 7) is 8.50. The lowest BCUT2D eigenvalue weighted by atomic mass is 10.1. The summed E-state index contributed by atoms with van der Waals surface area (Å²) in [4.78, 5) is 17.2. The van der Waals surface area contributed by atoms with E-state index in [0.717, 1.165) is 38.4 Å². The molecule has 2 aliphatic heterocycles. The van der Waals surface area contributed by atoms with E-state index in [1.807, 2.05) is 18.2 Å². The minimum atomic E-state index is -0.372. The molecule has 0 radical (unpaired) electrons. The van der Waals surface area contributed by atoms with Gasteiger partial charge >= 0.3 is 0 Å². The largest absolute Gasteiger partial charge is 0.366 e. The van der Waals surface area contributed by atoms with Gasteiger partial charge in [-0.2, -0.15) is 0 Å². The molecule has 1 aromatic carbocycles. The normalized spacial score (nSPS) is 23.1. The Hall–Kier alpha value is -1.43. The Morgan fingerprint density at radius 1 is 1.22 bits per heavy atom. The number of carbonyl (C=O) groups is 1. The third kappa shape index (κ3) is 4.31. The van der Waals surface area contributed by atoms with Crippen LogP contribution >= 0.6 is 0 Å². The van der Waals surface area contributed by atoms with E-state index in [9.17, 15) is 4.79 Å². The Bertz CT molecular complexity index is 529. The molecule has 0 aromatic heterocycles. The second-order valence-corrected chi connectivity index (χ2v) is 6.38. The standard InChI is InChI=1S/C18H27N3O2/c1-2-20-11-12-23-17(14-20)18(22)19-16-8-4-3-7-15(16)13-21-9-5-6-10-21/h3-4,7-8,17H,2,5-6,9-14H2,1H3,(H,19,22). The van der Waals surface area contributed by atoms with E-state index >= 15 is 0 Å². The molecule has 1 atom stereocenters. The van der Waals surface area contributed by atoms with E-state index in [1.54, 1.807) is 0 Å². The maximum absolute atomic E-state index is 12.5. The van der Waals surface area contributed by atoms with Crippen LogP contribution in [0.2, 0.25) is 0 Å². The van der Waals surface area contributed by atoms with E-state index in [1.165, 1.54) is 18.4 Å². The van der Waals surface area contributed by atoms with Crippen molar-refractivity contribution in [2.75, 3.05) is 44.6 Å². The van der Waals surface area contributed by atoms with Crippen LogP contribution in [-0.2, 0) is 16.1 Å². The van der Waals surface area contributed by atoms with Crippen LogP contribution in [0.4, 0.5) is 5.69 Å². The summed E-state index contributed by atoms with van der Waals surface area (Å²) in [6, 6.07) is 8.11. The lowest BCUT2D eigenvalue weighted by molar-refractivity contribution is -0.132. The molecule has 2 fully saturated rings. The number of likely N-dealkylation sites (tertiary alicyclic amines) is 1. The number of anilines is 1. The highest BCUT2D eigenvalue weighted by Gasteiger charge is 2.26. The molecular formula is C18H27N3O2. The molecule has 5 nitrogen and oxygen atoms in total. The fraction of sp³-hybridized carbons (Fsp3) is 0.611. The third-order valence-electron chi connectivity index (χ3n) is 4.76. The molecule has 0 aliphatic carbocycles. The van der Waals surface area contributed by atoms with Gasteiger partial charge in [0.1, 0.15) is 6.10 Å². The molecule has 0 bridgehead atoms. The number of carbonyl (C=O) groups excluding carboxylic acids is 1.